The van der Waals surface area contributed by atoms with Crippen molar-refractivity contribution in [2.75, 3.05) is 0 Å². The van der Waals surface area contributed by atoms with Crippen molar-refractivity contribution in [2.45, 2.75) is 151 Å². The van der Waals surface area contributed by atoms with Crippen LogP contribution >= 0.6 is 0 Å². The maximum absolute atomic E-state index is 11.4. The molecule has 4 rings (SSSR count). The van der Waals surface area contributed by atoms with Crippen LogP contribution in [-0.4, -0.2) is 20.8 Å². The van der Waals surface area contributed by atoms with E-state index < -0.39 is 30.3 Å². The van der Waals surface area contributed by atoms with Crippen molar-refractivity contribution in [2.24, 2.45) is 0 Å². The van der Waals surface area contributed by atoms with Gasteiger partial charge in [-0.15, -0.1) is 0 Å². The van der Waals surface area contributed by atoms with Gasteiger partial charge in [0.2, 0.25) is 0 Å². The Balaban J connectivity index is 1.62. The predicted molar refractivity (Wildman–Crippen MR) is 120 cm³/mol. The molecule has 174 valence electrons. The van der Waals surface area contributed by atoms with Crippen LogP contribution < -0.4 is 0 Å². The van der Waals surface area contributed by atoms with Gasteiger partial charge in [-0.05, 0) is 0 Å². The molecule has 2 N–H and O–H groups in total. The third-order valence-corrected chi connectivity index (χ3v) is 21.2. The molecule has 4 aliphatic rings. The summed E-state index contributed by atoms with van der Waals surface area (Å²) in [6, 6.07) is 0. The third-order valence-electron chi connectivity index (χ3n) is 8.91. The van der Waals surface area contributed by atoms with E-state index in [1.807, 2.05) is 0 Å². The average molecular weight is 518 g/mol. The van der Waals surface area contributed by atoms with Crippen molar-refractivity contribution in [3.63, 3.8) is 0 Å². The van der Waals surface area contributed by atoms with Crippen LogP contribution in [0.3, 0.4) is 0 Å². The van der Waals surface area contributed by atoms with E-state index in [9.17, 15) is 6.37 Å². The minimum absolute atomic E-state index is 0.0281. The molecule has 4 fully saturated rings. The number of rotatable bonds is 7. The van der Waals surface area contributed by atoms with Gasteiger partial charge in [0, 0.05) is 0 Å². The molecular formula is C24H46O4SiZr. The zero-order valence-electron chi connectivity index (χ0n) is 19.2. The van der Waals surface area contributed by atoms with Crippen molar-refractivity contribution in [1.29, 1.82) is 0 Å². The van der Waals surface area contributed by atoms with Gasteiger partial charge < -0.3 is 0 Å². The van der Waals surface area contributed by atoms with Crippen LogP contribution in [-0.2, 0) is 27.3 Å². The summed E-state index contributed by atoms with van der Waals surface area (Å²) in [5, 5.41) is 0. The molecule has 4 saturated carbocycles. The number of hydrogen-bond acceptors (Lipinski definition) is 4. The molecular weight excluding hydrogens is 472 g/mol. The van der Waals surface area contributed by atoms with Crippen LogP contribution in [0, 0.1) is 0 Å². The Kier molecular flexibility index (Phi) is 9.13. The van der Waals surface area contributed by atoms with Crippen LogP contribution in [0.1, 0.15) is 128 Å². The predicted octanol–water partition coefficient (Wildman–Crippen LogP) is 7.10. The molecule has 0 amide bonds. The second-order valence-electron chi connectivity index (χ2n) is 10.9. The van der Waals surface area contributed by atoms with Gasteiger partial charge in [0.25, 0.3) is 0 Å². The van der Waals surface area contributed by atoms with E-state index in [1.54, 1.807) is 0 Å². The van der Waals surface area contributed by atoms with E-state index in [1.165, 1.54) is 103 Å². The van der Waals surface area contributed by atoms with E-state index in [2.05, 4.69) is 0 Å². The van der Waals surface area contributed by atoms with Crippen LogP contribution in [0.15, 0.2) is 0 Å². The van der Waals surface area contributed by atoms with Gasteiger partial charge in [-0.3, -0.25) is 0 Å². The van der Waals surface area contributed by atoms with Crippen molar-refractivity contribution in [3.05, 3.63) is 0 Å². The van der Waals surface area contributed by atoms with Crippen LogP contribution in [0.5, 0.6) is 0 Å². The second kappa shape index (κ2) is 11.4. The van der Waals surface area contributed by atoms with Gasteiger partial charge in [-0.1, -0.05) is 0 Å². The zero-order chi connectivity index (χ0) is 20.9. The summed E-state index contributed by atoms with van der Waals surface area (Å²) in [7, 11) is -2.34. The molecule has 0 aromatic heterocycles. The summed E-state index contributed by atoms with van der Waals surface area (Å²) in [6.07, 6.45) is 25.1. The monoisotopic (exact) mass is 516 g/mol. The standard InChI is InChI=1S/C18H33OSi.C6H11O.2H2O.Zr/c19-20(16-10-4-1-5-11-16,17-12-6-2-7-13-17)18-14-8-3-9-15-18;7-6-4-2-1-3-5-6;;;/h16-18H,1-15H2;6H,1-5H2;2*1H2;/q2*-1;;;+4/p-2. The van der Waals surface area contributed by atoms with Gasteiger partial charge >= 0.3 is 193 Å². The van der Waals surface area contributed by atoms with Gasteiger partial charge in [0.05, 0.1) is 0 Å². The zero-order valence-corrected chi connectivity index (χ0v) is 22.6. The first kappa shape index (κ1) is 24.1. The molecule has 0 spiro atoms. The van der Waals surface area contributed by atoms with Gasteiger partial charge in [0.1, 0.15) is 0 Å². The van der Waals surface area contributed by atoms with E-state index in [-0.39, 0.29) is 6.10 Å². The van der Waals surface area contributed by atoms with Gasteiger partial charge in [-0.2, -0.15) is 0 Å². The first-order valence-corrected chi connectivity index (χ1v) is 19.8. The maximum atomic E-state index is 11.4. The molecule has 6 heteroatoms. The first-order chi connectivity index (χ1) is 14.6. The summed E-state index contributed by atoms with van der Waals surface area (Å²) in [5.74, 6) is 0. The van der Waals surface area contributed by atoms with E-state index in [0.29, 0.717) is 16.6 Å². The number of hydrogen-bond donors (Lipinski definition) is 2. The first-order valence-electron chi connectivity index (χ1n) is 13.4. The minimum atomic E-state index is -5.00. The Morgan fingerprint density at radius 1 is 0.500 bits per heavy atom. The van der Waals surface area contributed by atoms with Crippen molar-refractivity contribution < 1.29 is 33.7 Å². The molecule has 0 aromatic carbocycles. The fourth-order valence-corrected chi connectivity index (χ4v) is 23.6. The molecule has 0 aromatic rings. The normalized spacial score (nSPS) is 27.4. The van der Waals surface area contributed by atoms with E-state index in [4.69, 9.17) is 5.32 Å². The molecule has 4 aliphatic carbocycles. The van der Waals surface area contributed by atoms with Gasteiger partial charge in [-0.25, -0.2) is 0 Å². The van der Waals surface area contributed by atoms with Crippen molar-refractivity contribution in [1.82, 2.24) is 0 Å². The second-order valence-corrected chi connectivity index (χ2v) is 20.0. The van der Waals surface area contributed by atoms with Crippen molar-refractivity contribution >= 4 is 8.32 Å². The summed E-state index contributed by atoms with van der Waals surface area (Å²) >= 11 is -5.00. The third kappa shape index (κ3) is 5.89. The molecule has 0 bridgehead atoms. The molecule has 0 unspecified atom stereocenters. The van der Waals surface area contributed by atoms with Crippen LogP contribution in [0.25, 0.3) is 0 Å². The van der Waals surface area contributed by atoms with Crippen LogP contribution in [0.2, 0.25) is 16.6 Å². The Bertz CT molecular complexity index is 462. The molecule has 0 heterocycles. The molecule has 0 atom stereocenters. The molecule has 0 aliphatic heterocycles. The average Bonchev–Trinajstić information content (AvgIpc) is 2.80. The Morgan fingerprint density at radius 3 is 1.20 bits per heavy atom. The topological polar surface area (TPSA) is 58.9 Å². The fraction of sp³-hybridized carbons (Fsp3) is 1.00. The Morgan fingerprint density at radius 2 is 0.833 bits per heavy atom. The fourth-order valence-electron chi connectivity index (χ4n) is 7.57. The summed E-state index contributed by atoms with van der Waals surface area (Å²) in [5.41, 5.74) is 1.88. The molecule has 4 nitrogen and oxygen atoms in total. The Hall–Kier alpha value is 0.940. The SMILES string of the molecule is [OH][Zr]([OH])([O]C1CCCCC1)[O][Si](C1CCCCC1)(C1CCCCC1)C1CCCCC1. The summed E-state index contributed by atoms with van der Waals surface area (Å²) < 4.78 is 35.8. The molecule has 0 saturated heterocycles. The van der Waals surface area contributed by atoms with Crippen LogP contribution in [0.4, 0.5) is 0 Å². The molecule has 0 radical (unpaired) electrons. The quantitative estimate of drug-likeness (QED) is 0.354. The summed E-state index contributed by atoms with van der Waals surface area (Å²) in [4.78, 5) is 0. The van der Waals surface area contributed by atoms with E-state index in [0.717, 1.165) is 25.7 Å². The molecule has 30 heavy (non-hydrogen) atoms. The van der Waals surface area contributed by atoms with Gasteiger partial charge in [0.15, 0.2) is 0 Å². The van der Waals surface area contributed by atoms with E-state index >= 15 is 0 Å². The Labute approximate surface area is 192 Å². The summed E-state index contributed by atoms with van der Waals surface area (Å²) in [6.45, 7) is 0. The van der Waals surface area contributed by atoms with Crippen molar-refractivity contribution in [3.8, 4) is 0 Å².